The second-order valence-electron chi connectivity index (χ2n) is 6.07. The first-order valence-electron chi connectivity index (χ1n) is 9.21. The fraction of sp³-hybridized carbons (Fsp3) is 0.130. The molecule has 0 heterocycles. The zero-order valence-corrected chi connectivity index (χ0v) is 16.5. The third-order valence-corrected chi connectivity index (χ3v) is 3.89. The number of aliphatic hydroxyl groups excluding tert-OH is 1. The Morgan fingerprint density at radius 1 is 1.20 bits per heavy atom. The summed E-state index contributed by atoms with van der Waals surface area (Å²) in [6.45, 7) is 5.25. The zero-order valence-electron chi connectivity index (χ0n) is 16.5. The van der Waals surface area contributed by atoms with Crippen LogP contribution in [0.25, 0.3) is 6.08 Å². The van der Waals surface area contributed by atoms with E-state index >= 15 is 0 Å². The van der Waals surface area contributed by atoms with Crippen molar-refractivity contribution in [3.8, 4) is 5.75 Å². The molecule has 0 aliphatic heterocycles. The molecule has 0 saturated heterocycles. The van der Waals surface area contributed by atoms with E-state index in [1.165, 1.54) is 24.3 Å². The molecule has 7 heteroatoms. The van der Waals surface area contributed by atoms with Crippen LogP contribution >= 0.6 is 0 Å². The molecule has 0 aliphatic carbocycles. The maximum absolute atomic E-state index is 13.4. The van der Waals surface area contributed by atoms with Gasteiger partial charge in [0, 0.05) is 12.1 Å². The van der Waals surface area contributed by atoms with Gasteiger partial charge in [0.05, 0.1) is 6.61 Å². The van der Waals surface area contributed by atoms with E-state index in [9.17, 15) is 14.0 Å². The summed E-state index contributed by atoms with van der Waals surface area (Å²) in [5.74, 6) is -0.603. The van der Waals surface area contributed by atoms with Gasteiger partial charge in [0.25, 0.3) is 11.8 Å². The van der Waals surface area contributed by atoms with E-state index in [2.05, 4.69) is 17.2 Å². The van der Waals surface area contributed by atoms with E-state index in [-0.39, 0.29) is 24.4 Å². The Morgan fingerprint density at radius 3 is 2.53 bits per heavy atom. The number of amides is 2. The Bertz CT molecular complexity index is 965. The molecule has 0 atom stereocenters. The van der Waals surface area contributed by atoms with Gasteiger partial charge in [-0.25, -0.2) is 4.39 Å². The average Bonchev–Trinajstić information content (AvgIpc) is 2.76. The maximum atomic E-state index is 13.4. The van der Waals surface area contributed by atoms with E-state index < -0.39 is 17.6 Å². The third-order valence-electron chi connectivity index (χ3n) is 3.89. The summed E-state index contributed by atoms with van der Waals surface area (Å²) >= 11 is 0. The molecule has 156 valence electrons. The minimum Gasteiger partial charge on any atom is -0.458 e. The lowest BCUT2D eigenvalue weighted by Crippen LogP contribution is -2.36. The van der Waals surface area contributed by atoms with Crippen LogP contribution < -0.4 is 15.4 Å². The average molecular weight is 410 g/mol. The van der Waals surface area contributed by atoms with Crippen molar-refractivity contribution in [1.29, 1.82) is 0 Å². The van der Waals surface area contributed by atoms with Crippen LogP contribution in [0.4, 0.5) is 4.39 Å². The molecule has 0 aliphatic rings. The second kappa shape index (κ2) is 11.3. The first kappa shape index (κ1) is 22.6. The first-order valence-corrected chi connectivity index (χ1v) is 9.21. The lowest BCUT2D eigenvalue weighted by Gasteiger charge is -2.11. The van der Waals surface area contributed by atoms with Crippen LogP contribution in [0.2, 0.25) is 0 Å². The van der Waals surface area contributed by atoms with E-state index in [0.29, 0.717) is 17.1 Å². The highest BCUT2D eigenvalue weighted by Crippen LogP contribution is 2.17. The normalized spacial score (nSPS) is 11.6. The number of nitrogens with one attached hydrogen (secondary N) is 2. The Balaban J connectivity index is 2.25. The molecule has 0 unspecified atom stereocenters. The van der Waals surface area contributed by atoms with Gasteiger partial charge < -0.3 is 20.5 Å². The minimum absolute atomic E-state index is 0.0203. The molecule has 3 N–H and O–H groups in total. The van der Waals surface area contributed by atoms with Crippen LogP contribution in [-0.2, 0) is 4.79 Å². The number of aliphatic hydroxyl groups is 1. The lowest BCUT2D eigenvalue weighted by molar-refractivity contribution is -0.117. The first-order chi connectivity index (χ1) is 14.5. The topological polar surface area (TPSA) is 87.7 Å². The van der Waals surface area contributed by atoms with Gasteiger partial charge in [-0.3, -0.25) is 9.59 Å². The molecule has 2 amide bonds. The van der Waals surface area contributed by atoms with Gasteiger partial charge in [-0.1, -0.05) is 24.8 Å². The molecule has 0 bridgehead atoms. The molecule has 2 rings (SSSR count). The number of halogens is 1. The predicted octanol–water partition coefficient (Wildman–Crippen LogP) is 3.17. The number of carbonyl (C=O) groups excluding carboxylic acids is 2. The monoisotopic (exact) mass is 410 g/mol. The van der Waals surface area contributed by atoms with Crippen molar-refractivity contribution < 1.29 is 23.8 Å². The number of ether oxygens (including phenoxy) is 1. The van der Waals surface area contributed by atoms with Crippen LogP contribution in [0.1, 0.15) is 22.8 Å². The highest BCUT2D eigenvalue weighted by Gasteiger charge is 2.15. The molecule has 0 radical (unpaired) electrons. The summed E-state index contributed by atoms with van der Waals surface area (Å²) in [4.78, 5) is 24.8. The number of carbonyl (C=O) groups is 2. The van der Waals surface area contributed by atoms with Gasteiger partial charge in [-0.15, -0.1) is 0 Å². The number of benzene rings is 2. The largest absolute Gasteiger partial charge is 0.458 e. The summed E-state index contributed by atoms with van der Waals surface area (Å²) in [7, 11) is 0. The van der Waals surface area contributed by atoms with Crippen LogP contribution in [0.15, 0.2) is 78.7 Å². The molecule has 30 heavy (non-hydrogen) atoms. The second-order valence-corrected chi connectivity index (χ2v) is 6.07. The Labute approximate surface area is 174 Å². The van der Waals surface area contributed by atoms with Crippen molar-refractivity contribution in [3.63, 3.8) is 0 Å². The number of allylic oxidation sites excluding steroid dienone is 2. The zero-order chi connectivity index (χ0) is 21.9. The van der Waals surface area contributed by atoms with Gasteiger partial charge >= 0.3 is 0 Å². The molecular weight excluding hydrogens is 387 g/mol. The van der Waals surface area contributed by atoms with Gasteiger partial charge in [0.2, 0.25) is 0 Å². The quantitative estimate of drug-likeness (QED) is 0.337. The standard InChI is InChI=1S/C23H23FN2O4/c1-3-19(4-2)30-20-10-8-16(9-11-20)14-21(23(29)25-12-13-27)26-22(28)17-6-5-7-18(24)15-17/h3-11,14-15,27H,1,12-13H2,2H3,(H,25,29)(H,26,28). The summed E-state index contributed by atoms with van der Waals surface area (Å²) in [6.07, 6.45) is 4.82. The fourth-order valence-corrected chi connectivity index (χ4v) is 2.40. The summed E-state index contributed by atoms with van der Waals surface area (Å²) in [5, 5.41) is 13.9. The van der Waals surface area contributed by atoms with E-state index in [4.69, 9.17) is 9.84 Å². The smallest absolute Gasteiger partial charge is 0.267 e. The van der Waals surface area contributed by atoms with Gasteiger partial charge in [-0.05, 0) is 61.0 Å². The van der Waals surface area contributed by atoms with Crippen LogP contribution in [0.3, 0.4) is 0 Å². The predicted molar refractivity (Wildman–Crippen MR) is 113 cm³/mol. The molecule has 0 saturated carbocycles. The van der Waals surface area contributed by atoms with Gasteiger partial charge in [0.1, 0.15) is 23.0 Å². The van der Waals surface area contributed by atoms with E-state index in [1.54, 1.807) is 36.4 Å². The molecule has 2 aromatic carbocycles. The highest BCUT2D eigenvalue weighted by atomic mass is 19.1. The number of hydrogen-bond donors (Lipinski definition) is 3. The highest BCUT2D eigenvalue weighted by molar-refractivity contribution is 6.05. The molecular formula is C23H23FN2O4. The van der Waals surface area contributed by atoms with Crippen molar-refractivity contribution in [1.82, 2.24) is 10.6 Å². The summed E-state index contributed by atoms with van der Waals surface area (Å²) < 4.78 is 19.0. The van der Waals surface area contributed by atoms with E-state index in [1.807, 2.05) is 6.92 Å². The molecule has 0 fully saturated rings. The maximum Gasteiger partial charge on any atom is 0.267 e. The minimum atomic E-state index is -0.636. The summed E-state index contributed by atoms with van der Waals surface area (Å²) in [6, 6.07) is 12.0. The van der Waals surface area contributed by atoms with Gasteiger partial charge in [-0.2, -0.15) is 0 Å². The third kappa shape index (κ3) is 6.72. The number of hydrogen-bond acceptors (Lipinski definition) is 4. The van der Waals surface area contributed by atoms with Gasteiger partial charge in [0.15, 0.2) is 0 Å². The van der Waals surface area contributed by atoms with Crippen molar-refractivity contribution in [2.45, 2.75) is 6.92 Å². The van der Waals surface area contributed by atoms with E-state index in [0.717, 1.165) is 6.07 Å². The lowest BCUT2D eigenvalue weighted by atomic mass is 10.1. The van der Waals surface area contributed by atoms with Crippen LogP contribution in [0, 0.1) is 5.82 Å². The van der Waals surface area contributed by atoms with Crippen molar-refractivity contribution >= 4 is 17.9 Å². The van der Waals surface area contributed by atoms with Crippen molar-refractivity contribution in [2.24, 2.45) is 0 Å². The SMILES string of the molecule is C=CC(=CC)Oc1ccc(C=C(NC(=O)c2cccc(F)c2)C(=O)NCCO)cc1. The van der Waals surface area contributed by atoms with Crippen molar-refractivity contribution in [2.75, 3.05) is 13.2 Å². The Hall–Kier alpha value is -3.71. The molecule has 6 nitrogen and oxygen atoms in total. The number of rotatable bonds is 9. The summed E-state index contributed by atoms with van der Waals surface area (Å²) in [5.41, 5.74) is 0.645. The molecule has 0 aromatic heterocycles. The molecule has 0 spiro atoms. The fourth-order valence-electron chi connectivity index (χ4n) is 2.40. The molecule has 2 aromatic rings. The Kier molecular flexibility index (Phi) is 8.53. The Morgan fingerprint density at radius 2 is 1.93 bits per heavy atom. The van der Waals surface area contributed by atoms with Crippen molar-refractivity contribution in [3.05, 3.63) is 95.7 Å². The van der Waals surface area contributed by atoms with Crippen LogP contribution in [-0.4, -0.2) is 30.1 Å². The van der Waals surface area contributed by atoms with Crippen LogP contribution in [0.5, 0.6) is 5.75 Å².